The molecule has 4 N–H and O–H groups in total. The highest BCUT2D eigenvalue weighted by Crippen LogP contribution is 2.32. The molecular weight excluding hydrogens is 391 g/mol. The molecule has 0 radical (unpaired) electrons. The normalized spacial score (nSPS) is 27.7. The van der Waals surface area contributed by atoms with Crippen LogP contribution in [0, 0.1) is 11.8 Å². The lowest BCUT2D eigenvalue weighted by molar-refractivity contribution is -0.231. The summed E-state index contributed by atoms with van der Waals surface area (Å²) in [7, 11) is 0. The van der Waals surface area contributed by atoms with E-state index < -0.39 is 37.1 Å². The number of rotatable bonds is 2. The van der Waals surface area contributed by atoms with Gasteiger partial charge in [0.2, 0.25) is 0 Å². The number of aliphatic hydroxyl groups excluding tert-OH is 4. The minimum Gasteiger partial charge on any atom is -0.394 e. The van der Waals surface area contributed by atoms with Crippen molar-refractivity contribution in [3.63, 3.8) is 0 Å². The van der Waals surface area contributed by atoms with Crippen molar-refractivity contribution in [2.75, 3.05) is 6.61 Å². The Morgan fingerprint density at radius 1 is 0.852 bits per heavy atom. The van der Waals surface area contributed by atoms with Crippen LogP contribution >= 0.6 is 23.2 Å². The van der Waals surface area contributed by atoms with Crippen LogP contribution < -0.4 is 0 Å². The van der Waals surface area contributed by atoms with Gasteiger partial charge in [-0.2, -0.15) is 0 Å². The summed E-state index contributed by atoms with van der Waals surface area (Å²) in [5.74, 6) is 5.96. The van der Waals surface area contributed by atoms with Crippen molar-refractivity contribution in [3.8, 4) is 11.8 Å². The molecule has 2 aromatic rings. The minimum absolute atomic E-state index is 0.476. The van der Waals surface area contributed by atoms with E-state index in [1.54, 1.807) is 42.5 Å². The standard InChI is InChI=1S/C20H18Cl2O5/c21-14-7-12(8-15(22)9-14)5-4-11-2-1-3-13(6-11)20-19(26)18(25)17(24)16(10-23)27-20/h1-3,6-9,16-20,23-26H,10H2. The molecule has 0 aromatic heterocycles. The molecule has 1 heterocycles. The molecule has 5 atom stereocenters. The van der Waals surface area contributed by atoms with Crippen molar-refractivity contribution < 1.29 is 25.2 Å². The lowest BCUT2D eigenvalue weighted by atomic mass is 9.91. The van der Waals surface area contributed by atoms with Gasteiger partial charge in [0.1, 0.15) is 30.5 Å². The SMILES string of the molecule is OCC1OC(c2cccc(C#Cc3cc(Cl)cc(Cl)c3)c2)C(O)C(O)C1O. The first-order chi connectivity index (χ1) is 12.9. The van der Waals surface area contributed by atoms with Gasteiger partial charge in [0.15, 0.2) is 0 Å². The van der Waals surface area contributed by atoms with Crippen molar-refractivity contribution in [2.24, 2.45) is 0 Å². The van der Waals surface area contributed by atoms with Crippen LogP contribution in [0.4, 0.5) is 0 Å². The molecule has 1 aliphatic heterocycles. The van der Waals surface area contributed by atoms with E-state index in [4.69, 9.17) is 27.9 Å². The zero-order chi connectivity index (χ0) is 19.6. The first-order valence-electron chi connectivity index (χ1n) is 8.27. The number of benzene rings is 2. The number of aliphatic hydroxyl groups is 4. The van der Waals surface area contributed by atoms with Gasteiger partial charge in [-0.15, -0.1) is 0 Å². The second-order valence-corrected chi connectivity index (χ2v) is 7.16. The monoisotopic (exact) mass is 408 g/mol. The van der Waals surface area contributed by atoms with Crippen molar-refractivity contribution in [1.29, 1.82) is 0 Å². The molecule has 1 aliphatic rings. The van der Waals surface area contributed by atoms with E-state index in [0.29, 0.717) is 26.7 Å². The second-order valence-electron chi connectivity index (χ2n) is 6.28. The molecule has 7 heteroatoms. The summed E-state index contributed by atoms with van der Waals surface area (Å²) in [6.45, 7) is -0.476. The predicted octanol–water partition coefficient (Wildman–Crippen LogP) is 1.91. The molecule has 1 saturated heterocycles. The lowest BCUT2D eigenvalue weighted by Crippen LogP contribution is -2.55. The summed E-state index contributed by atoms with van der Waals surface area (Å²) in [5, 5.41) is 40.4. The number of hydrogen-bond donors (Lipinski definition) is 4. The summed E-state index contributed by atoms with van der Waals surface area (Å²) in [4.78, 5) is 0. The molecule has 0 aliphatic carbocycles. The van der Waals surface area contributed by atoms with E-state index in [2.05, 4.69) is 11.8 Å². The molecule has 0 saturated carbocycles. The van der Waals surface area contributed by atoms with Crippen LogP contribution in [0.5, 0.6) is 0 Å². The largest absolute Gasteiger partial charge is 0.394 e. The fourth-order valence-electron chi connectivity index (χ4n) is 2.94. The van der Waals surface area contributed by atoms with Crippen LogP contribution in [0.3, 0.4) is 0 Å². The summed E-state index contributed by atoms with van der Waals surface area (Å²) in [6, 6.07) is 12.0. The topological polar surface area (TPSA) is 90.2 Å². The van der Waals surface area contributed by atoms with Crippen molar-refractivity contribution in [1.82, 2.24) is 0 Å². The highest BCUT2D eigenvalue weighted by Gasteiger charge is 2.43. The van der Waals surface area contributed by atoms with Crippen molar-refractivity contribution in [3.05, 3.63) is 69.2 Å². The van der Waals surface area contributed by atoms with Gasteiger partial charge in [-0.05, 0) is 35.9 Å². The molecule has 5 nitrogen and oxygen atoms in total. The molecule has 2 aromatic carbocycles. The van der Waals surface area contributed by atoms with Gasteiger partial charge in [0.05, 0.1) is 6.61 Å². The summed E-state index contributed by atoms with van der Waals surface area (Å²) in [5.41, 5.74) is 1.88. The average molecular weight is 409 g/mol. The van der Waals surface area contributed by atoms with E-state index in [1.165, 1.54) is 0 Å². The summed E-state index contributed by atoms with van der Waals surface area (Å²) < 4.78 is 5.57. The molecule has 27 heavy (non-hydrogen) atoms. The minimum atomic E-state index is -1.43. The quantitative estimate of drug-likeness (QED) is 0.569. The van der Waals surface area contributed by atoms with Gasteiger partial charge in [-0.1, -0.05) is 47.2 Å². The molecule has 5 unspecified atom stereocenters. The van der Waals surface area contributed by atoms with Gasteiger partial charge < -0.3 is 25.2 Å². The average Bonchev–Trinajstić information content (AvgIpc) is 2.64. The van der Waals surface area contributed by atoms with Crippen LogP contribution in [-0.2, 0) is 4.74 Å². The van der Waals surface area contributed by atoms with Gasteiger partial charge >= 0.3 is 0 Å². The third-order valence-electron chi connectivity index (χ3n) is 4.32. The molecular formula is C20H18Cl2O5. The highest BCUT2D eigenvalue weighted by molar-refractivity contribution is 6.34. The Labute approximate surface area is 166 Å². The van der Waals surface area contributed by atoms with Crippen LogP contribution in [0.2, 0.25) is 10.0 Å². The van der Waals surface area contributed by atoms with E-state index in [-0.39, 0.29) is 0 Å². The first-order valence-corrected chi connectivity index (χ1v) is 9.03. The van der Waals surface area contributed by atoms with Crippen LogP contribution in [0.15, 0.2) is 42.5 Å². The number of ether oxygens (including phenoxy) is 1. The van der Waals surface area contributed by atoms with Gasteiger partial charge in [-0.25, -0.2) is 0 Å². The molecule has 1 fully saturated rings. The second kappa shape index (κ2) is 8.59. The molecule has 142 valence electrons. The smallest absolute Gasteiger partial charge is 0.113 e. The Bertz CT molecular complexity index is 854. The Kier molecular flexibility index (Phi) is 6.40. The van der Waals surface area contributed by atoms with Crippen molar-refractivity contribution >= 4 is 23.2 Å². The summed E-state index contributed by atoms with van der Waals surface area (Å²) >= 11 is 11.9. The fourth-order valence-corrected chi connectivity index (χ4v) is 3.47. The maximum absolute atomic E-state index is 10.3. The van der Waals surface area contributed by atoms with E-state index >= 15 is 0 Å². The first kappa shape index (κ1) is 20.1. The van der Waals surface area contributed by atoms with Gasteiger partial charge in [0.25, 0.3) is 0 Å². The third-order valence-corrected chi connectivity index (χ3v) is 4.76. The van der Waals surface area contributed by atoms with Gasteiger partial charge in [-0.3, -0.25) is 0 Å². The Morgan fingerprint density at radius 2 is 1.52 bits per heavy atom. The maximum atomic E-state index is 10.3. The Morgan fingerprint density at radius 3 is 2.19 bits per heavy atom. The van der Waals surface area contributed by atoms with Crippen LogP contribution in [-0.4, -0.2) is 51.4 Å². The lowest BCUT2D eigenvalue weighted by Gasteiger charge is -2.40. The van der Waals surface area contributed by atoms with Crippen LogP contribution in [0.25, 0.3) is 0 Å². The third kappa shape index (κ3) is 4.63. The Hall–Kier alpha value is -1.62. The van der Waals surface area contributed by atoms with Gasteiger partial charge in [0, 0.05) is 21.2 Å². The van der Waals surface area contributed by atoms with Crippen LogP contribution in [0.1, 0.15) is 22.8 Å². The summed E-state index contributed by atoms with van der Waals surface area (Å²) in [6.07, 6.45) is -6.02. The molecule has 3 rings (SSSR count). The molecule has 0 spiro atoms. The van der Waals surface area contributed by atoms with E-state index in [0.717, 1.165) is 0 Å². The van der Waals surface area contributed by atoms with E-state index in [9.17, 15) is 20.4 Å². The van der Waals surface area contributed by atoms with E-state index in [1.807, 2.05) is 0 Å². The molecule has 0 amide bonds. The number of hydrogen-bond acceptors (Lipinski definition) is 5. The van der Waals surface area contributed by atoms with Crippen molar-refractivity contribution in [2.45, 2.75) is 30.5 Å². The molecule has 0 bridgehead atoms. The zero-order valence-corrected chi connectivity index (χ0v) is 15.6. The predicted molar refractivity (Wildman–Crippen MR) is 102 cm³/mol. The maximum Gasteiger partial charge on any atom is 0.113 e. The fraction of sp³-hybridized carbons (Fsp3) is 0.300. The zero-order valence-electron chi connectivity index (χ0n) is 14.1. The number of halogens is 2. The highest BCUT2D eigenvalue weighted by atomic mass is 35.5. The Balaban J connectivity index is 1.86.